The highest BCUT2D eigenvalue weighted by Gasteiger charge is 2.29. The molecule has 3 rings (SSSR count). The molecule has 188 valence electrons. The Morgan fingerprint density at radius 2 is 1.51 bits per heavy atom. The fourth-order valence-electron chi connectivity index (χ4n) is 4.50. The Bertz CT molecular complexity index is 974. The molecule has 0 fully saturated rings. The molecular formula is C28H36N2O5. The molecule has 0 saturated carbocycles. The maximum Gasteiger partial charge on any atom is 0.407 e. The number of aliphatic carboxylic acids is 1. The van der Waals surface area contributed by atoms with Crippen molar-refractivity contribution >= 4 is 18.0 Å². The summed E-state index contributed by atoms with van der Waals surface area (Å²) < 4.78 is 5.63. The highest BCUT2D eigenvalue weighted by molar-refractivity contribution is 5.79. The second-order valence-electron chi connectivity index (χ2n) is 9.43. The molecule has 35 heavy (non-hydrogen) atoms. The molecule has 0 aliphatic heterocycles. The van der Waals surface area contributed by atoms with E-state index >= 15 is 0 Å². The molecule has 0 aromatic heterocycles. The van der Waals surface area contributed by atoms with Gasteiger partial charge in [0.25, 0.3) is 0 Å². The summed E-state index contributed by atoms with van der Waals surface area (Å²) in [6, 6.07) is 16.1. The molecular weight excluding hydrogens is 444 g/mol. The Kier molecular flexibility index (Phi) is 9.70. The van der Waals surface area contributed by atoms with E-state index in [0.29, 0.717) is 13.0 Å². The summed E-state index contributed by atoms with van der Waals surface area (Å²) in [5.74, 6) is -0.836. The van der Waals surface area contributed by atoms with E-state index < -0.39 is 12.1 Å². The summed E-state index contributed by atoms with van der Waals surface area (Å²) in [5, 5.41) is 14.4. The topological polar surface area (TPSA) is 105 Å². The van der Waals surface area contributed by atoms with Crippen molar-refractivity contribution in [2.75, 3.05) is 13.2 Å². The van der Waals surface area contributed by atoms with Gasteiger partial charge in [0.2, 0.25) is 5.91 Å². The lowest BCUT2D eigenvalue weighted by atomic mass is 9.98. The zero-order valence-electron chi connectivity index (χ0n) is 20.6. The van der Waals surface area contributed by atoms with Gasteiger partial charge in [-0.3, -0.25) is 9.59 Å². The normalized spacial score (nSPS) is 13.1. The highest BCUT2D eigenvalue weighted by atomic mass is 16.5. The Balaban J connectivity index is 1.44. The summed E-state index contributed by atoms with van der Waals surface area (Å²) in [4.78, 5) is 35.5. The van der Waals surface area contributed by atoms with Crippen molar-refractivity contribution in [3.05, 3.63) is 59.7 Å². The average molecular weight is 481 g/mol. The van der Waals surface area contributed by atoms with Gasteiger partial charge in [-0.15, -0.1) is 0 Å². The second-order valence-corrected chi connectivity index (χ2v) is 9.43. The van der Waals surface area contributed by atoms with Crippen molar-refractivity contribution in [1.82, 2.24) is 10.6 Å². The Morgan fingerprint density at radius 1 is 0.914 bits per heavy atom. The van der Waals surface area contributed by atoms with Gasteiger partial charge < -0.3 is 20.5 Å². The first-order valence-corrected chi connectivity index (χ1v) is 12.5. The fraction of sp³-hybridized carbons (Fsp3) is 0.464. The molecule has 2 aromatic rings. The molecule has 1 unspecified atom stereocenters. The largest absolute Gasteiger partial charge is 0.481 e. The third kappa shape index (κ3) is 7.57. The summed E-state index contributed by atoms with van der Waals surface area (Å²) in [6.07, 6.45) is 3.02. The Hall–Kier alpha value is -3.35. The number of alkyl carbamates (subject to hydrolysis) is 1. The molecule has 0 heterocycles. The van der Waals surface area contributed by atoms with Crippen LogP contribution in [0.25, 0.3) is 11.1 Å². The minimum absolute atomic E-state index is 0.00977. The summed E-state index contributed by atoms with van der Waals surface area (Å²) >= 11 is 0. The van der Waals surface area contributed by atoms with Crippen LogP contribution < -0.4 is 10.6 Å². The first-order valence-electron chi connectivity index (χ1n) is 12.5. The van der Waals surface area contributed by atoms with Crippen molar-refractivity contribution < 1.29 is 24.2 Å². The van der Waals surface area contributed by atoms with Crippen molar-refractivity contribution in [2.45, 2.75) is 64.3 Å². The molecule has 0 saturated heterocycles. The number of rotatable bonds is 13. The van der Waals surface area contributed by atoms with E-state index in [-0.39, 0.29) is 43.2 Å². The van der Waals surface area contributed by atoms with Crippen LogP contribution in [0, 0.1) is 5.92 Å². The second kappa shape index (κ2) is 12.9. The van der Waals surface area contributed by atoms with Crippen molar-refractivity contribution in [3.8, 4) is 11.1 Å². The molecule has 1 atom stereocenters. The number of amides is 2. The van der Waals surface area contributed by atoms with Crippen LogP contribution in [0.15, 0.2) is 48.5 Å². The third-order valence-corrected chi connectivity index (χ3v) is 6.50. The molecule has 2 aromatic carbocycles. The van der Waals surface area contributed by atoms with Crippen LogP contribution in [0.2, 0.25) is 0 Å². The SMILES string of the molecule is CC(C)C(CC(=O)NCCCCCCC(=O)O)NC(=O)OCC1c2ccccc2-c2ccccc21. The van der Waals surface area contributed by atoms with E-state index in [4.69, 9.17) is 9.84 Å². The summed E-state index contributed by atoms with van der Waals surface area (Å²) in [5.41, 5.74) is 4.67. The highest BCUT2D eigenvalue weighted by Crippen LogP contribution is 2.44. The zero-order chi connectivity index (χ0) is 25.2. The van der Waals surface area contributed by atoms with Gasteiger partial charge in [0.1, 0.15) is 6.61 Å². The lowest BCUT2D eigenvalue weighted by molar-refractivity contribution is -0.137. The average Bonchev–Trinajstić information content (AvgIpc) is 3.15. The van der Waals surface area contributed by atoms with Crippen molar-refractivity contribution in [2.24, 2.45) is 5.92 Å². The molecule has 7 heteroatoms. The Labute approximate surface area is 207 Å². The van der Waals surface area contributed by atoms with E-state index in [2.05, 4.69) is 34.9 Å². The quantitative estimate of drug-likeness (QED) is 0.346. The minimum Gasteiger partial charge on any atom is -0.481 e. The number of benzene rings is 2. The first kappa shape index (κ1) is 26.3. The van der Waals surface area contributed by atoms with Gasteiger partial charge >= 0.3 is 12.1 Å². The predicted octanol–water partition coefficient (Wildman–Crippen LogP) is 5.09. The summed E-state index contributed by atoms with van der Waals surface area (Å²) in [6.45, 7) is 4.70. The maximum atomic E-state index is 12.6. The third-order valence-electron chi connectivity index (χ3n) is 6.50. The molecule has 0 bridgehead atoms. The number of ether oxygens (including phenoxy) is 1. The number of carbonyl (C=O) groups excluding carboxylic acids is 2. The lowest BCUT2D eigenvalue weighted by Crippen LogP contribution is -2.43. The summed E-state index contributed by atoms with van der Waals surface area (Å²) in [7, 11) is 0. The number of carbonyl (C=O) groups is 3. The van der Waals surface area contributed by atoms with Crippen LogP contribution in [0.3, 0.4) is 0 Å². The van der Waals surface area contributed by atoms with Gasteiger partial charge in [-0.05, 0) is 41.0 Å². The molecule has 0 spiro atoms. The minimum atomic E-state index is -0.776. The standard InChI is InChI=1S/C28H36N2O5/c1-19(2)25(17-26(31)29-16-10-4-3-5-15-27(32)33)30-28(34)35-18-24-22-13-8-6-11-20(22)21-12-7-9-14-23(21)24/h6-9,11-14,19,24-25H,3-5,10,15-18H2,1-2H3,(H,29,31)(H,30,34)(H,32,33). The van der Waals surface area contributed by atoms with Gasteiger partial charge in [-0.25, -0.2) is 4.79 Å². The number of nitrogens with one attached hydrogen (secondary N) is 2. The van der Waals surface area contributed by atoms with E-state index in [1.54, 1.807) is 0 Å². The molecule has 1 aliphatic carbocycles. The van der Waals surface area contributed by atoms with Gasteiger partial charge in [-0.1, -0.05) is 75.2 Å². The van der Waals surface area contributed by atoms with E-state index in [9.17, 15) is 14.4 Å². The molecule has 7 nitrogen and oxygen atoms in total. The molecule has 2 amide bonds. The van der Waals surface area contributed by atoms with E-state index in [1.807, 2.05) is 38.1 Å². The van der Waals surface area contributed by atoms with E-state index in [1.165, 1.54) is 11.1 Å². The first-order chi connectivity index (χ1) is 16.9. The van der Waals surface area contributed by atoms with Gasteiger partial charge in [0.05, 0.1) is 0 Å². The van der Waals surface area contributed by atoms with Crippen LogP contribution in [0.4, 0.5) is 4.79 Å². The molecule has 1 aliphatic rings. The predicted molar refractivity (Wildman–Crippen MR) is 135 cm³/mol. The number of carboxylic acids is 1. The number of fused-ring (bicyclic) bond motifs is 3. The van der Waals surface area contributed by atoms with Crippen LogP contribution in [0.5, 0.6) is 0 Å². The zero-order valence-corrected chi connectivity index (χ0v) is 20.6. The van der Waals surface area contributed by atoms with Crippen LogP contribution in [-0.4, -0.2) is 42.3 Å². The van der Waals surface area contributed by atoms with Gasteiger partial charge in [0, 0.05) is 31.3 Å². The smallest absolute Gasteiger partial charge is 0.407 e. The Morgan fingerprint density at radius 3 is 2.11 bits per heavy atom. The van der Waals surface area contributed by atoms with Gasteiger partial charge in [0.15, 0.2) is 0 Å². The van der Waals surface area contributed by atoms with Crippen LogP contribution in [-0.2, 0) is 14.3 Å². The molecule has 3 N–H and O–H groups in total. The number of hydrogen-bond acceptors (Lipinski definition) is 4. The van der Waals surface area contributed by atoms with Gasteiger partial charge in [-0.2, -0.15) is 0 Å². The lowest BCUT2D eigenvalue weighted by Gasteiger charge is -2.22. The van der Waals surface area contributed by atoms with E-state index in [0.717, 1.165) is 30.4 Å². The number of unbranched alkanes of at least 4 members (excludes halogenated alkanes) is 3. The van der Waals surface area contributed by atoms with Crippen LogP contribution >= 0.6 is 0 Å². The molecule has 0 radical (unpaired) electrons. The fourth-order valence-corrected chi connectivity index (χ4v) is 4.50. The number of carboxylic acid groups (broad SMARTS) is 1. The monoisotopic (exact) mass is 480 g/mol. The van der Waals surface area contributed by atoms with Crippen LogP contribution in [0.1, 0.15) is 69.4 Å². The maximum absolute atomic E-state index is 12.6. The van der Waals surface area contributed by atoms with Crippen molar-refractivity contribution in [3.63, 3.8) is 0 Å². The van der Waals surface area contributed by atoms with Crippen molar-refractivity contribution in [1.29, 1.82) is 0 Å². The number of hydrogen-bond donors (Lipinski definition) is 3.